The Hall–Kier alpha value is -3.26. The van der Waals surface area contributed by atoms with E-state index in [1.807, 2.05) is 30.3 Å². The molecule has 2 nitrogen and oxygen atoms in total. The molecule has 0 spiro atoms. The molecule has 1 N–H and O–H groups in total. The van der Waals surface area contributed by atoms with Crippen molar-refractivity contribution >= 4 is 32.3 Å². The molecular formula is C27H24O2. The molecule has 0 aliphatic carbocycles. The summed E-state index contributed by atoms with van der Waals surface area (Å²) in [5.74, 6) is 1.11. The maximum atomic E-state index is 10.9. The van der Waals surface area contributed by atoms with Gasteiger partial charge in [-0.05, 0) is 67.1 Å². The standard InChI is InChI=1S/C27H24O2/c1-27(2,3)20-13-17-5-6-19-15-23(28)25(16-7-10-21(29-4)11-8-16)22-12-9-18(14-20)24(17)26(19)22/h5-15,28H,1-4H3. The predicted octanol–water partition coefficient (Wildman–Crippen LogP) is 7.26. The molecule has 144 valence electrons. The number of methoxy groups -OCH3 is 1. The van der Waals surface area contributed by atoms with Crippen molar-refractivity contribution < 1.29 is 9.84 Å². The Balaban J connectivity index is 1.88. The van der Waals surface area contributed by atoms with E-state index in [1.165, 1.54) is 27.1 Å². The molecule has 0 aromatic heterocycles. The average Bonchev–Trinajstić information content (AvgIpc) is 2.71. The summed E-state index contributed by atoms with van der Waals surface area (Å²) in [6.07, 6.45) is 0. The van der Waals surface area contributed by atoms with E-state index >= 15 is 0 Å². The van der Waals surface area contributed by atoms with Crippen LogP contribution in [0.3, 0.4) is 0 Å². The van der Waals surface area contributed by atoms with Gasteiger partial charge in [0.15, 0.2) is 0 Å². The van der Waals surface area contributed by atoms with E-state index in [0.717, 1.165) is 27.6 Å². The highest BCUT2D eigenvalue weighted by atomic mass is 16.5. The molecule has 0 atom stereocenters. The van der Waals surface area contributed by atoms with Gasteiger partial charge in [0, 0.05) is 5.56 Å². The number of aromatic hydroxyl groups is 1. The normalized spacial score (nSPS) is 12.3. The second-order valence-corrected chi connectivity index (χ2v) is 8.82. The zero-order valence-corrected chi connectivity index (χ0v) is 17.2. The second kappa shape index (κ2) is 6.12. The van der Waals surface area contributed by atoms with Crippen LogP contribution in [0.25, 0.3) is 43.4 Å². The summed E-state index contributed by atoms with van der Waals surface area (Å²) in [5, 5.41) is 18.0. The Labute approximate surface area is 170 Å². The minimum absolute atomic E-state index is 0.0942. The van der Waals surface area contributed by atoms with Gasteiger partial charge in [-0.2, -0.15) is 0 Å². The van der Waals surface area contributed by atoms with Crippen molar-refractivity contribution in [3.63, 3.8) is 0 Å². The quantitative estimate of drug-likeness (QED) is 0.326. The summed E-state index contributed by atoms with van der Waals surface area (Å²) in [6.45, 7) is 6.75. The third kappa shape index (κ3) is 2.71. The van der Waals surface area contributed by atoms with Crippen LogP contribution in [0.4, 0.5) is 0 Å². The Kier molecular flexibility index (Phi) is 3.76. The highest BCUT2D eigenvalue weighted by molar-refractivity contribution is 6.26. The van der Waals surface area contributed by atoms with Gasteiger partial charge in [-0.25, -0.2) is 0 Å². The molecule has 0 radical (unpaired) electrons. The molecule has 5 aromatic rings. The SMILES string of the molecule is COc1ccc(-c2c(O)cc3ccc4cc(C(C)(C)C)cc5ccc2c3c45)cc1. The first-order valence-electron chi connectivity index (χ1n) is 9.96. The van der Waals surface area contributed by atoms with Crippen molar-refractivity contribution in [2.45, 2.75) is 26.2 Å². The maximum Gasteiger partial charge on any atom is 0.124 e. The highest BCUT2D eigenvalue weighted by Gasteiger charge is 2.19. The van der Waals surface area contributed by atoms with Crippen LogP contribution in [-0.4, -0.2) is 12.2 Å². The lowest BCUT2D eigenvalue weighted by atomic mass is 9.82. The van der Waals surface area contributed by atoms with Crippen LogP contribution < -0.4 is 4.74 Å². The number of benzene rings is 5. The third-order valence-corrected chi connectivity index (χ3v) is 5.94. The van der Waals surface area contributed by atoms with Crippen molar-refractivity contribution in [3.05, 3.63) is 72.3 Å². The highest BCUT2D eigenvalue weighted by Crippen LogP contribution is 2.44. The third-order valence-electron chi connectivity index (χ3n) is 5.94. The van der Waals surface area contributed by atoms with Crippen LogP contribution in [0.15, 0.2) is 66.7 Å². The van der Waals surface area contributed by atoms with Crippen LogP contribution in [0.5, 0.6) is 11.5 Å². The van der Waals surface area contributed by atoms with Crippen LogP contribution in [-0.2, 0) is 5.41 Å². The molecule has 0 amide bonds. The Morgan fingerprint density at radius 3 is 1.90 bits per heavy atom. The van der Waals surface area contributed by atoms with E-state index < -0.39 is 0 Å². The molecule has 0 bridgehead atoms. The number of phenolic OH excluding ortho intramolecular Hbond substituents is 1. The first-order valence-corrected chi connectivity index (χ1v) is 9.96. The zero-order valence-electron chi connectivity index (χ0n) is 17.2. The number of hydrogen-bond acceptors (Lipinski definition) is 2. The van der Waals surface area contributed by atoms with E-state index in [2.05, 4.69) is 57.2 Å². The molecule has 5 rings (SSSR count). The minimum Gasteiger partial charge on any atom is -0.507 e. The summed E-state index contributed by atoms with van der Waals surface area (Å²) >= 11 is 0. The fourth-order valence-electron chi connectivity index (χ4n) is 4.37. The number of ether oxygens (including phenoxy) is 1. The Bertz CT molecular complexity index is 1340. The van der Waals surface area contributed by atoms with Gasteiger partial charge < -0.3 is 9.84 Å². The predicted molar refractivity (Wildman–Crippen MR) is 122 cm³/mol. The molecule has 5 aromatic carbocycles. The molecule has 2 heteroatoms. The van der Waals surface area contributed by atoms with Crippen molar-refractivity contribution in [2.75, 3.05) is 7.11 Å². The summed E-state index contributed by atoms with van der Waals surface area (Å²) in [7, 11) is 1.66. The van der Waals surface area contributed by atoms with Gasteiger partial charge in [0.1, 0.15) is 11.5 Å². The summed E-state index contributed by atoms with van der Waals surface area (Å²) < 4.78 is 5.29. The van der Waals surface area contributed by atoms with Crippen LogP contribution in [0.1, 0.15) is 26.3 Å². The molecule has 0 heterocycles. The fraction of sp³-hybridized carbons (Fsp3) is 0.185. The lowest BCUT2D eigenvalue weighted by molar-refractivity contribution is 0.415. The molecule has 29 heavy (non-hydrogen) atoms. The monoisotopic (exact) mass is 380 g/mol. The van der Waals surface area contributed by atoms with Gasteiger partial charge in [0.05, 0.1) is 7.11 Å². The number of rotatable bonds is 2. The summed E-state index contributed by atoms with van der Waals surface area (Å²) in [6, 6.07) is 23.0. The number of phenols is 1. The molecule has 0 aliphatic rings. The van der Waals surface area contributed by atoms with Gasteiger partial charge in [-0.1, -0.05) is 69.3 Å². The van der Waals surface area contributed by atoms with Crippen LogP contribution >= 0.6 is 0 Å². The molecule has 0 fully saturated rings. The average molecular weight is 380 g/mol. The van der Waals surface area contributed by atoms with E-state index in [4.69, 9.17) is 4.74 Å². The zero-order chi connectivity index (χ0) is 20.3. The van der Waals surface area contributed by atoms with E-state index in [0.29, 0.717) is 5.75 Å². The van der Waals surface area contributed by atoms with Crippen LogP contribution in [0, 0.1) is 0 Å². The topological polar surface area (TPSA) is 29.5 Å². The lowest BCUT2D eigenvalue weighted by Crippen LogP contribution is -2.10. The smallest absolute Gasteiger partial charge is 0.124 e. The molecule has 0 aliphatic heterocycles. The maximum absolute atomic E-state index is 10.9. The van der Waals surface area contributed by atoms with E-state index in [9.17, 15) is 5.11 Å². The van der Waals surface area contributed by atoms with Crippen LogP contribution in [0.2, 0.25) is 0 Å². The number of hydrogen-bond donors (Lipinski definition) is 1. The molecular weight excluding hydrogens is 356 g/mol. The Morgan fingerprint density at radius 2 is 1.31 bits per heavy atom. The first-order chi connectivity index (χ1) is 13.9. The van der Waals surface area contributed by atoms with E-state index in [-0.39, 0.29) is 5.41 Å². The van der Waals surface area contributed by atoms with Gasteiger partial charge >= 0.3 is 0 Å². The minimum atomic E-state index is 0.0942. The van der Waals surface area contributed by atoms with Gasteiger partial charge in [0.25, 0.3) is 0 Å². The molecule has 0 saturated carbocycles. The van der Waals surface area contributed by atoms with Gasteiger partial charge in [-0.3, -0.25) is 0 Å². The van der Waals surface area contributed by atoms with Crippen molar-refractivity contribution in [2.24, 2.45) is 0 Å². The lowest BCUT2D eigenvalue weighted by Gasteiger charge is -2.22. The largest absolute Gasteiger partial charge is 0.507 e. The van der Waals surface area contributed by atoms with Gasteiger partial charge in [-0.15, -0.1) is 0 Å². The second-order valence-electron chi connectivity index (χ2n) is 8.82. The molecule has 0 saturated heterocycles. The van der Waals surface area contributed by atoms with Gasteiger partial charge in [0.2, 0.25) is 0 Å². The Morgan fingerprint density at radius 1 is 0.724 bits per heavy atom. The summed E-state index contributed by atoms with van der Waals surface area (Å²) in [5.41, 5.74) is 3.28. The molecule has 0 unspecified atom stereocenters. The van der Waals surface area contributed by atoms with E-state index in [1.54, 1.807) is 7.11 Å². The first kappa shape index (κ1) is 17.8. The van der Waals surface area contributed by atoms with Crippen molar-refractivity contribution in [1.29, 1.82) is 0 Å². The van der Waals surface area contributed by atoms with Crippen molar-refractivity contribution in [3.8, 4) is 22.6 Å². The summed E-state index contributed by atoms with van der Waals surface area (Å²) in [4.78, 5) is 0. The van der Waals surface area contributed by atoms with Crippen molar-refractivity contribution in [1.82, 2.24) is 0 Å². The fourth-order valence-corrected chi connectivity index (χ4v) is 4.37.